The molecule has 3 nitrogen and oxygen atoms in total. The van der Waals surface area contributed by atoms with Crippen LogP contribution in [0.4, 0.5) is 0 Å². The van der Waals surface area contributed by atoms with Gasteiger partial charge < -0.3 is 15.7 Å². The van der Waals surface area contributed by atoms with Crippen LogP contribution in [0.2, 0.25) is 0 Å². The fraction of sp³-hybridized carbons (Fsp3) is 1.00. The monoisotopic (exact) mass is 304 g/mol. The smallest absolute Gasteiger partial charge is 0.0462 e. The van der Waals surface area contributed by atoms with Gasteiger partial charge in [0.25, 0.3) is 0 Å². The van der Waals surface area contributed by atoms with Gasteiger partial charge in [-0.1, -0.05) is 47.0 Å². The number of thiol groups is 1. The van der Waals surface area contributed by atoms with Gasteiger partial charge in [0.2, 0.25) is 0 Å². The molecular formula is C16H36N2OS. The minimum Gasteiger partial charge on any atom is -0.396 e. The molecule has 0 aromatic rings. The third kappa shape index (κ3) is 8.50. The van der Waals surface area contributed by atoms with E-state index in [1.165, 1.54) is 12.8 Å². The number of hydrogen-bond donors (Lipinski definition) is 4. The van der Waals surface area contributed by atoms with E-state index in [4.69, 9.17) is 0 Å². The molecule has 0 aliphatic carbocycles. The van der Waals surface area contributed by atoms with E-state index in [1.54, 1.807) is 0 Å². The Kier molecular flexibility index (Phi) is 13.1. The van der Waals surface area contributed by atoms with Gasteiger partial charge in [-0.05, 0) is 24.3 Å². The predicted octanol–water partition coefficient (Wildman–Crippen LogP) is 2.55. The zero-order valence-corrected chi connectivity index (χ0v) is 14.8. The molecule has 3 atom stereocenters. The van der Waals surface area contributed by atoms with Crippen molar-refractivity contribution >= 4 is 12.6 Å². The Hall–Kier alpha value is 0.230. The molecule has 20 heavy (non-hydrogen) atoms. The van der Waals surface area contributed by atoms with E-state index in [0.717, 1.165) is 32.6 Å². The first-order valence-electron chi connectivity index (χ1n) is 8.30. The van der Waals surface area contributed by atoms with Gasteiger partial charge in [0, 0.05) is 31.5 Å². The van der Waals surface area contributed by atoms with E-state index in [9.17, 15) is 5.11 Å². The Morgan fingerprint density at radius 1 is 0.900 bits per heavy atom. The lowest BCUT2D eigenvalue weighted by atomic mass is 9.92. The van der Waals surface area contributed by atoms with Crippen LogP contribution in [0, 0.1) is 17.8 Å². The lowest BCUT2D eigenvalue weighted by Gasteiger charge is -2.22. The van der Waals surface area contributed by atoms with Crippen LogP contribution >= 0.6 is 12.6 Å². The Labute approximate surface area is 131 Å². The van der Waals surface area contributed by atoms with Crippen LogP contribution < -0.4 is 10.6 Å². The van der Waals surface area contributed by atoms with Gasteiger partial charge in [-0.2, -0.15) is 12.6 Å². The van der Waals surface area contributed by atoms with Crippen LogP contribution in [-0.4, -0.2) is 43.1 Å². The molecule has 0 fully saturated rings. The maximum Gasteiger partial charge on any atom is 0.0462 e. The van der Waals surface area contributed by atoms with E-state index in [2.05, 4.69) is 51.0 Å². The Morgan fingerprint density at radius 2 is 1.40 bits per heavy atom. The van der Waals surface area contributed by atoms with Crippen molar-refractivity contribution < 1.29 is 5.11 Å². The summed E-state index contributed by atoms with van der Waals surface area (Å²) < 4.78 is 0. The SMILES string of the molecule is CCC(CC)C(S)CNCCNC[C@@H](C)C(CC)CO. The van der Waals surface area contributed by atoms with Crippen LogP contribution in [-0.2, 0) is 0 Å². The highest BCUT2D eigenvalue weighted by Crippen LogP contribution is 2.17. The molecule has 2 unspecified atom stereocenters. The first-order valence-corrected chi connectivity index (χ1v) is 8.82. The molecule has 4 heteroatoms. The summed E-state index contributed by atoms with van der Waals surface area (Å²) in [6.07, 6.45) is 3.47. The molecule has 0 aromatic heterocycles. The van der Waals surface area contributed by atoms with Gasteiger partial charge in [0.05, 0.1) is 0 Å². The second-order valence-electron chi connectivity index (χ2n) is 5.88. The zero-order valence-electron chi connectivity index (χ0n) is 13.9. The minimum absolute atomic E-state index is 0.300. The molecule has 122 valence electrons. The molecule has 0 aromatic carbocycles. The molecule has 0 saturated heterocycles. The maximum atomic E-state index is 9.25. The molecule has 0 amide bonds. The van der Waals surface area contributed by atoms with Crippen molar-refractivity contribution in [1.82, 2.24) is 10.6 Å². The maximum absolute atomic E-state index is 9.25. The summed E-state index contributed by atoms with van der Waals surface area (Å²) in [7, 11) is 0. The Balaban J connectivity index is 3.57. The van der Waals surface area contributed by atoms with Gasteiger partial charge in [-0.3, -0.25) is 0 Å². The van der Waals surface area contributed by atoms with Crippen molar-refractivity contribution in [2.45, 2.75) is 52.2 Å². The summed E-state index contributed by atoms with van der Waals surface area (Å²) in [4.78, 5) is 0. The molecule has 0 radical (unpaired) electrons. The van der Waals surface area contributed by atoms with E-state index in [-0.39, 0.29) is 0 Å². The third-order valence-electron chi connectivity index (χ3n) is 4.45. The molecule has 0 spiro atoms. The van der Waals surface area contributed by atoms with Gasteiger partial charge in [0.1, 0.15) is 0 Å². The van der Waals surface area contributed by atoms with Crippen LogP contribution in [0.1, 0.15) is 47.0 Å². The number of nitrogens with one attached hydrogen (secondary N) is 2. The second kappa shape index (κ2) is 12.9. The largest absolute Gasteiger partial charge is 0.396 e. The average Bonchev–Trinajstić information content (AvgIpc) is 2.45. The topological polar surface area (TPSA) is 44.3 Å². The van der Waals surface area contributed by atoms with Gasteiger partial charge in [-0.25, -0.2) is 0 Å². The number of aliphatic hydroxyl groups excluding tert-OH is 1. The van der Waals surface area contributed by atoms with Gasteiger partial charge in [0.15, 0.2) is 0 Å². The molecule has 3 N–H and O–H groups in total. The van der Waals surface area contributed by atoms with Crippen molar-refractivity contribution in [1.29, 1.82) is 0 Å². The summed E-state index contributed by atoms with van der Waals surface area (Å²) in [6.45, 7) is 13.1. The van der Waals surface area contributed by atoms with E-state index < -0.39 is 0 Å². The van der Waals surface area contributed by atoms with Crippen LogP contribution in [0.25, 0.3) is 0 Å². The average molecular weight is 305 g/mol. The summed E-state index contributed by atoms with van der Waals surface area (Å²) >= 11 is 4.68. The lowest BCUT2D eigenvalue weighted by Crippen LogP contribution is -2.36. The fourth-order valence-electron chi connectivity index (χ4n) is 2.63. The third-order valence-corrected chi connectivity index (χ3v) is 5.06. The standard InChI is InChI=1S/C16H36N2OS/c1-5-14(6-2)16(20)11-18-9-8-17-10-13(4)15(7-3)12-19/h13-20H,5-12H2,1-4H3/t13-,15?,16?/m1/s1. The van der Waals surface area contributed by atoms with Crippen LogP contribution in [0.5, 0.6) is 0 Å². The van der Waals surface area contributed by atoms with Crippen LogP contribution in [0.3, 0.4) is 0 Å². The van der Waals surface area contributed by atoms with E-state index >= 15 is 0 Å². The van der Waals surface area contributed by atoms with Crippen LogP contribution in [0.15, 0.2) is 0 Å². The summed E-state index contributed by atoms with van der Waals surface area (Å²) in [5, 5.41) is 16.7. The van der Waals surface area contributed by atoms with Gasteiger partial charge >= 0.3 is 0 Å². The highest BCUT2D eigenvalue weighted by molar-refractivity contribution is 7.81. The van der Waals surface area contributed by atoms with Crippen molar-refractivity contribution in [2.24, 2.45) is 17.8 Å². The summed E-state index contributed by atoms with van der Waals surface area (Å²) in [5.74, 6) is 1.67. The second-order valence-corrected chi connectivity index (χ2v) is 6.54. The molecule has 0 aliphatic rings. The molecular weight excluding hydrogens is 268 g/mol. The minimum atomic E-state index is 0.300. The Morgan fingerprint density at radius 3 is 1.85 bits per heavy atom. The highest BCUT2D eigenvalue weighted by atomic mass is 32.1. The highest BCUT2D eigenvalue weighted by Gasteiger charge is 2.14. The molecule has 0 saturated carbocycles. The lowest BCUT2D eigenvalue weighted by molar-refractivity contribution is 0.176. The first-order chi connectivity index (χ1) is 9.60. The van der Waals surface area contributed by atoms with Gasteiger partial charge in [-0.15, -0.1) is 0 Å². The zero-order chi connectivity index (χ0) is 15.4. The summed E-state index contributed by atoms with van der Waals surface area (Å²) in [5.41, 5.74) is 0. The first kappa shape index (κ1) is 20.2. The van der Waals surface area contributed by atoms with Crippen molar-refractivity contribution in [2.75, 3.05) is 32.8 Å². The number of aliphatic hydroxyl groups is 1. The van der Waals surface area contributed by atoms with E-state index in [0.29, 0.717) is 29.6 Å². The van der Waals surface area contributed by atoms with Crippen molar-refractivity contribution in [3.05, 3.63) is 0 Å². The summed E-state index contributed by atoms with van der Waals surface area (Å²) in [6, 6.07) is 0. The molecule has 0 heterocycles. The molecule has 0 aliphatic heterocycles. The Bertz CT molecular complexity index is 187. The van der Waals surface area contributed by atoms with Crippen molar-refractivity contribution in [3.63, 3.8) is 0 Å². The number of rotatable bonds is 13. The fourth-order valence-corrected chi connectivity index (χ4v) is 3.18. The molecule has 0 rings (SSSR count). The van der Waals surface area contributed by atoms with Crippen molar-refractivity contribution in [3.8, 4) is 0 Å². The van der Waals surface area contributed by atoms with E-state index in [1.807, 2.05) is 0 Å². The quantitative estimate of drug-likeness (QED) is 0.312. The molecule has 0 bridgehead atoms. The number of hydrogen-bond acceptors (Lipinski definition) is 4. The predicted molar refractivity (Wildman–Crippen MR) is 92.6 cm³/mol. The normalized spacial score (nSPS) is 16.4.